The molecule has 1 rings (SSSR count). The van der Waals surface area contributed by atoms with Crippen LogP contribution in [-0.2, 0) is 16.1 Å². The molecule has 0 saturated carbocycles. The Balaban J connectivity index is 2.87. The second-order valence-electron chi connectivity index (χ2n) is 4.07. The van der Waals surface area contributed by atoms with E-state index in [0.717, 1.165) is 0 Å². The fourth-order valence-corrected chi connectivity index (χ4v) is 1.51. The maximum atomic E-state index is 10.7. The van der Waals surface area contributed by atoms with Gasteiger partial charge in [0.15, 0.2) is 18.1 Å². The summed E-state index contributed by atoms with van der Waals surface area (Å²) in [5.41, 5.74) is 0.624. The summed E-state index contributed by atoms with van der Waals surface area (Å²) in [6.45, 7) is 1.24. The Labute approximate surface area is 116 Å². The van der Waals surface area contributed by atoms with Gasteiger partial charge in [0.2, 0.25) is 0 Å². The van der Waals surface area contributed by atoms with Crippen molar-refractivity contribution in [2.75, 3.05) is 13.7 Å². The zero-order valence-electron chi connectivity index (χ0n) is 11.3. The molecule has 0 bridgehead atoms. The van der Waals surface area contributed by atoms with Crippen LogP contribution in [0.25, 0.3) is 0 Å². The van der Waals surface area contributed by atoms with Crippen LogP contribution in [0, 0.1) is 0 Å². The van der Waals surface area contributed by atoms with Gasteiger partial charge in [-0.2, -0.15) is 0 Å². The first-order chi connectivity index (χ1) is 9.45. The first kappa shape index (κ1) is 15.8. The number of benzene rings is 1. The van der Waals surface area contributed by atoms with E-state index in [9.17, 15) is 9.59 Å². The third-order valence-corrected chi connectivity index (χ3v) is 2.59. The summed E-state index contributed by atoms with van der Waals surface area (Å²) in [5, 5.41) is 20.3. The number of rotatable bonds is 8. The maximum Gasteiger partial charge on any atom is 0.341 e. The van der Waals surface area contributed by atoms with Gasteiger partial charge in [-0.05, 0) is 13.0 Å². The van der Waals surface area contributed by atoms with Crippen molar-refractivity contribution in [3.05, 3.63) is 23.8 Å². The van der Waals surface area contributed by atoms with E-state index in [1.165, 1.54) is 14.0 Å². The van der Waals surface area contributed by atoms with Gasteiger partial charge in [-0.3, -0.25) is 4.79 Å². The zero-order chi connectivity index (χ0) is 15.1. The van der Waals surface area contributed by atoms with Crippen molar-refractivity contribution in [2.24, 2.45) is 0 Å². The van der Waals surface area contributed by atoms with Crippen molar-refractivity contribution in [1.29, 1.82) is 0 Å². The molecule has 0 spiro atoms. The average molecular weight is 283 g/mol. The normalized spacial score (nSPS) is 11.7. The highest BCUT2D eigenvalue weighted by Gasteiger charge is 2.15. The first-order valence-electron chi connectivity index (χ1n) is 5.92. The molecule has 110 valence electrons. The van der Waals surface area contributed by atoms with Crippen LogP contribution in [0.2, 0.25) is 0 Å². The molecule has 1 aromatic rings. The van der Waals surface area contributed by atoms with Crippen LogP contribution in [0.5, 0.6) is 11.5 Å². The molecule has 1 aromatic carbocycles. The lowest BCUT2D eigenvalue weighted by atomic mass is 10.1. The van der Waals surface area contributed by atoms with Crippen molar-refractivity contribution < 1.29 is 29.3 Å². The van der Waals surface area contributed by atoms with Gasteiger partial charge in [0.05, 0.1) is 7.11 Å². The summed E-state index contributed by atoms with van der Waals surface area (Å²) in [6.07, 6.45) is 0. The van der Waals surface area contributed by atoms with Gasteiger partial charge in [0.1, 0.15) is 6.04 Å². The quantitative estimate of drug-likeness (QED) is 0.645. The van der Waals surface area contributed by atoms with E-state index in [2.05, 4.69) is 5.32 Å². The summed E-state index contributed by atoms with van der Waals surface area (Å²) < 4.78 is 10.3. The summed E-state index contributed by atoms with van der Waals surface area (Å²) in [4.78, 5) is 21.3. The molecule has 3 N–H and O–H groups in total. The zero-order valence-corrected chi connectivity index (χ0v) is 11.3. The van der Waals surface area contributed by atoms with Crippen LogP contribution in [0.1, 0.15) is 12.5 Å². The Morgan fingerprint density at radius 2 is 2.05 bits per heavy atom. The molecule has 0 fully saturated rings. The van der Waals surface area contributed by atoms with Crippen molar-refractivity contribution in [3.8, 4) is 11.5 Å². The number of nitrogens with one attached hydrogen (secondary N) is 1. The van der Waals surface area contributed by atoms with E-state index < -0.39 is 24.6 Å². The van der Waals surface area contributed by atoms with Gasteiger partial charge in [0.25, 0.3) is 0 Å². The first-order valence-corrected chi connectivity index (χ1v) is 5.92. The number of carboxylic acid groups (broad SMARTS) is 2. The number of hydrogen-bond acceptors (Lipinski definition) is 5. The molecule has 20 heavy (non-hydrogen) atoms. The van der Waals surface area contributed by atoms with E-state index in [1.807, 2.05) is 0 Å². The maximum absolute atomic E-state index is 10.7. The predicted molar refractivity (Wildman–Crippen MR) is 70.1 cm³/mol. The fraction of sp³-hybridized carbons (Fsp3) is 0.385. The van der Waals surface area contributed by atoms with E-state index in [1.54, 1.807) is 18.2 Å². The Morgan fingerprint density at radius 1 is 1.35 bits per heavy atom. The van der Waals surface area contributed by atoms with Crippen molar-refractivity contribution in [3.63, 3.8) is 0 Å². The third-order valence-electron chi connectivity index (χ3n) is 2.59. The Bertz CT molecular complexity index is 488. The minimum Gasteiger partial charge on any atom is -0.493 e. The van der Waals surface area contributed by atoms with E-state index in [-0.39, 0.29) is 6.54 Å². The highest BCUT2D eigenvalue weighted by molar-refractivity contribution is 5.72. The van der Waals surface area contributed by atoms with Gasteiger partial charge in [-0.25, -0.2) is 4.79 Å². The lowest BCUT2D eigenvalue weighted by Crippen LogP contribution is -2.33. The lowest BCUT2D eigenvalue weighted by Gasteiger charge is -2.15. The molecule has 0 heterocycles. The molecule has 0 unspecified atom stereocenters. The Hall–Kier alpha value is -2.28. The second-order valence-corrected chi connectivity index (χ2v) is 4.07. The molecular weight excluding hydrogens is 266 g/mol. The highest BCUT2D eigenvalue weighted by atomic mass is 16.5. The molecule has 0 aliphatic rings. The van der Waals surface area contributed by atoms with Gasteiger partial charge in [-0.15, -0.1) is 0 Å². The number of para-hydroxylation sites is 1. The Morgan fingerprint density at radius 3 is 2.60 bits per heavy atom. The number of carboxylic acids is 2. The van der Waals surface area contributed by atoms with E-state index in [0.29, 0.717) is 17.1 Å². The minimum absolute atomic E-state index is 0.222. The summed E-state index contributed by atoms with van der Waals surface area (Å²) >= 11 is 0. The van der Waals surface area contributed by atoms with Crippen molar-refractivity contribution >= 4 is 11.9 Å². The molecule has 7 nitrogen and oxygen atoms in total. The topological polar surface area (TPSA) is 105 Å². The summed E-state index contributed by atoms with van der Waals surface area (Å²) in [5.74, 6) is -1.38. The van der Waals surface area contributed by atoms with Gasteiger partial charge < -0.3 is 25.0 Å². The molecule has 0 aliphatic heterocycles. The fourth-order valence-electron chi connectivity index (χ4n) is 1.51. The monoisotopic (exact) mass is 283 g/mol. The van der Waals surface area contributed by atoms with Crippen LogP contribution >= 0.6 is 0 Å². The standard InChI is InChI=1S/C13H17NO6/c1-8(13(17)18)14-6-9-4-3-5-10(19-2)12(9)20-7-11(15)16/h3-5,8,14H,6-7H2,1-2H3,(H,15,16)(H,17,18)/t8-/m1/s1. The largest absolute Gasteiger partial charge is 0.493 e. The number of methoxy groups -OCH3 is 1. The molecule has 0 radical (unpaired) electrons. The number of ether oxygens (including phenoxy) is 2. The SMILES string of the molecule is COc1cccc(CN[C@H](C)C(=O)O)c1OCC(=O)O. The van der Waals surface area contributed by atoms with E-state index >= 15 is 0 Å². The smallest absolute Gasteiger partial charge is 0.341 e. The van der Waals surface area contributed by atoms with Gasteiger partial charge >= 0.3 is 11.9 Å². The molecule has 0 aliphatic carbocycles. The number of aliphatic carboxylic acids is 2. The second kappa shape index (κ2) is 7.34. The molecule has 7 heteroatoms. The van der Waals surface area contributed by atoms with Gasteiger partial charge in [0, 0.05) is 12.1 Å². The van der Waals surface area contributed by atoms with Crippen molar-refractivity contribution in [2.45, 2.75) is 19.5 Å². The molecule has 0 aromatic heterocycles. The summed E-state index contributed by atoms with van der Waals surface area (Å²) in [6, 6.07) is 4.34. The van der Waals surface area contributed by atoms with Crippen LogP contribution in [0.4, 0.5) is 0 Å². The van der Waals surface area contributed by atoms with Crippen LogP contribution in [0.3, 0.4) is 0 Å². The third kappa shape index (κ3) is 4.43. The number of hydrogen-bond donors (Lipinski definition) is 3. The molecular formula is C13H17NO6. The molecule has 1 atom stereocenters. The number of carbonyl (C=O) groups is 2. The molecule has 0 amide bonds. The lowest BCUT2D eigenvalue weighted by molar-refractivity contribution is -0.140. The van der Waals surface area contributed by atoms with Crippen LogP contribution in [-0.4, -0.2) is 41.9 Å². The van der Waals surface area contributed by atoms with Crippen LogP contribution in [0.15, 0.2) is 18.2 Å². The minimum atomic E-state index is -1.10. The van der Waals surface area contributed by atoms with Crippen molar-refractivity contribution in [1.82, 2.24) is 5.32 Å². The van der Waals surface area contributed by atoms with E-state index in [4.69, 9.17) is 19.7 Å². The molecule has 0 saturated heterocycles. The Kier molecular flexibility index (Phi) is 5.79. The average Bonchev–Trinajstić information content (AvgIpc) is 2.42. The highest BCUT2D eigenvalue weighted by Crippen LogP contribution is 2.31. The predicted octanol–water partition coefficient (Wildman–Crippen LogP) is 0.721. The van der Waals surface area contributed by atoms with Crippen LogP contribution < -0.4 is 14.8 Å². The van der Waals surface area contributed by atoms with Gasteiger partial charge in [-0.1, -0.05) is 12.1 Å². The summed E-state index contributed by atoms with van der Waals surface area (Å²) in [7, 11) is 1.44.